The number of nitrogens with one attached hydrogen (secondary N) is 1. The smallest absolute Gasteiger partial charge is 0.317 e. The molecule has 0 radical (unpaired) electrons. The summed E-state index contributed by atoms with van der Waals surface area (Å²) in [6, 6.07) is 1.11. The highest BCUT2D eigenvalue weighted by Gasteiger charge is 2.31. The van der Waals surface area contributed by atoms with Crippen molar-refractivity contribution in [2.75, 3.05) is 59.5 Å². The normalized spacial score (nSPS) is 28.8. The van der Waals surface area contributed by atoms with Gasteiger partial charge in [-0.3, -0.25) is 9.80 Å². The van der Waals surface area contributed by atoms with E-state index in [2.05, 4.69) is 27.3 Å². The van der Waals surface area contributed by atoms with Crippen molar-refractivity contribution in [1.82, 2.24) is 20.0 Å². The zero-order valence-electron chi connectivity index (χ0n) is 14.2. The number of ether oxygens (including phenoxy) is 1. The molecular formula is C17H30N4O2. The lowest BCUT2D eigenvalue weighted by Gasteiger charge is -2.26. The number of urea groups is 1. The van der Waals surface area contributed by atoms with Gasteiger partial charge in [0.2, 0.25) is 0 Å². The number of carbonyl (C=O) groups excluding carboxylic acids is 1. The molecule has 0 aromatic rings. The molecule has 6 heteroatoms. The first-order valence-corrected chi connectivity index (χ1v) is 8.92. The van der Waals surface area contributed by atoms with E-state index in [1.165, 1.54) is 12.8 Å². The number of likely N-dealkylation sites (tertiary alicyclic amines) is 2. The maximum Gasteiger partial charge on any atom is 0.317 e. The second kappa shape index (κ2) is 8.13. The van der Waals surface area contributed by atoms with E-state index in [9.17, 15) is 4.79 Å². The van der Waals surface area contributed by atoms with Crippen molar-refractivity contribution in [3.8, 4) is 0 Å². The summed E-state index contributed by atoms with van der Waals surface area (Å²) in [4.78, 5) is 19.3. The van der Waals surface area contributed by atoms with Crippen molar-refractivity contribution >= 4 is 6.03 Å². The molecule has 3 heterocycles. The average Bonchev–Trinajstić information content (AvgIpc) is 3.31. The van der Waals surface area contributed by atoms with Crippen LogP contribution in [0.4, 0.5) is 4.79 Å². The maximum atomic E-state index is 12.4. The maximum absolute atomic E-state index is 12.4. The minimum Gasteiger partial charge on any atom is -0.383 e. The van der Waals surface area contributed by atoms with E-state index in [0.29, 0.717) is 12.1 Å². The summed E-state index contributed by atoms with van der Waals surface area (Å²) in [5, 5.41) is 3.15. The molecule has 0 spiro atoms. The van der Waals surface area contributed by atoms with Crippen molar-refractivity contribution in [2.45, 2.75) is 31.3 Å². The number of carbonyl (C=O) groups is 1. The molecule has 0 aromatic heterocycles. The Hall–Kier alpha value is -1.11. The Bertz CT molecular complexity index is 421. The number of hydrogen-bond acceptors (Lipinski definition) is 4. The third kappa shape index (κ3) is 4.25. The van der Waals surface area contributed by atoms with Gasteiger partial charge in [0.05, 0.1) is 6.61 Å². The molecule has 23 heavy (non-hydrogen) atoms. The van der Waals surface area contributed by atoms with Crippen LogP contribution in [-0.4, -0.2) is 92.3 Å². The average molecular weight is 322 g/mol. The SMILES string of the molecule is COCCN1CCC[C@H]1CNC(=O)N1CC[C@H](N2CC=CC2)C1. The van der Waals surface area contributed by atoms with Gasteiger partial charge in [0.25, 0.3) is 0 Å². The van der Waals surface area contributed by atoms with Crippen molar-refractivity contribution in [2.24, 2.45) is 0 Å². The van der Waals surface area contributed by atoms with Gasteiger partial charge in [-0.2, -0.15) is 0 Å². The lowest BCUT2D eigenvalue weighted by molar-refractivity contribution is 0.139. The molecule has 6 nitrogen and oxygen atoms in total. The fourth-order valence-corrected chi connectivity index (χ4v) is 3.96. The second-order valence-corrected chi connectivity index (χ2v) is 6.82. The van der Waals surface area contributed by atoms with Crippen LogP contribution >= 0.6 is 0 Å². The molecule has 2 fully saturated rings. The second-order valence-electron chi connectivity index (χ2n) is 6.82. The Balaban J connectivity index is 1.39. The van der Waals surface area contributed by atoms with Gasteiger partial charge in [-0.1, -0.05) is 12.2 Å². The van der Waals surface area contributed by atoms with E-state index in [1.54, 1.807) is 7.11 Å². The van der Waals surface area contributed by atoms with Crippen LogP contribution in [0.25, 0.3) is 0 Å². The Morgan fingerprint density at radius 1 is 1.26 bits per heavy atom. The largest absolute Gasteiger partial charge is 0.383 e. The molecule has 130 valence electrons. The van der Waals surface area contributed by atoms with Gasteiger partial charge in [-0.05, 0) is 25.8 Å². The lowest BCUT2D eigenvalue weighted by atomic mass is 10.2. The highest BCUT2D eigenvalue weighted by molar-refractivity contribution is 5.74. The standard InChI is InChI=1S/C17H30N4O2/c1-23-12-11-20-9-4-5-15(20)13-18-17(22)21-10-6-16(14-21)19-7-2-3-8-19/h2-3,15-16H,4-14H2,1H3,(H,18,22)/t15-,16-/m0/s1. The minimum absolute atomic E-state index is 0.109. The first-order chi connectivity index (χ1) is 11.3. The van der Waals surface area contributed by atoms with E-state index in [4.69, 9.17) is 4.74 Å². The van der Waals surface area contributed by atoms with Crippen LogP contribution in [-0.2, 0) is 4.74 Å². The zero-order valence-corrected chi connectivity index (χ0v) is 14.2. The van der Waals surface area contributed by atoms with E-state index in [0.717, 1.165) is 58.8 Å². The van der Waals surface area contributed by atoms with Gasteiger partial charge in [0.15, 0.2) is 0 Å². The molecule has 2 atom stereocenters. The van der Waals surface area contributed by atoms with Gasteiger partial charge >= 0.3 is 6.03 Å². The Kier molecular flexibility index (Phi) is 5.91. The fourth-order valence-electron chi connectivity index (χ4n) is 3.96. The lowest BCUT2D eigenvalue weighted by Crippen LogP contribution is -2.46. The molecule has 0 unspecified atom stereocenters. The number of rotatable bonds is 6. The molecule has 0 aromatic carbocycles. The van der Waals surface area contributed by atoms with Crippen LogP contribution in [0, 0.1) is 0 Å². The number of hydrogen-bond donors (Lipinski definition) is 1. The first kappa shape index (κ1) is 16.7. The Morgan fingerprint density at radius 3 is 2.87 bits per heavy atom. The predicted octanol–water partition coefficient (Wildman–Crippen LogP) is 0.753. The molecule has 3 aliphatic rings. The van der Waals surface area contributed by atoms with Crippen LogP contribution in [0.2, 0.25) is 0 Å². The van der Waals surface area contributed by atoms with Crippen LogP contribution in [0.15, 0.2) is 12.2 Å². The third-order valence-electron chi connectivity index (χ3n) is 5.38. The predicted molar refractivity (Wildman–Crippen MR) is 90.6 cm³/mol. The molecule has 3 rings (SSSR count). The van der Waals surface area contributed by atoms with E-state index in [1.807, 2.05) is 4.90 Å². The Morgan fingerprint density at radius 2 is 2.09 bits per heavy atom. The molecule has 3 aliphatic heterocycles. The summed E-state index contributed by atoms with van der Waals surface area (Å²) in [6.07, 6.45) is 7.93. The van der Waals surface area contributed by atoms with Gasteiger partial charge in [0, 0.05) is 58.5 Å². The molecule has 0 saturated carbocycles. The molecule has 2 saturated heterocycles. The highest BCUT2D eigenvalue weighted by Crippen LogP contribution is 2.19. The highest BCUT2D eigenvalue weighted by atomic mass is 16.5. The van der Waals surface area contributed by atoms with Gasteiger partial charge in [0.1, 0.15) is 0 Å². The zero-order chi connectivity index (χ0) is 16.1. The van der Waals surface area contributed by atoms with E-state index < -0.39 is 0 Å². The number of methoxy groups -OCH3 is 1. The summed E-state index contributed by atoms with van der Waals surface area (Å²) in [5.41, 5.74) is 0. The van der Waals surface area contributed by atoms with Gasteiger partial charge in [-0.25, -0.2) is 4.79 Å². The summed E-state index contributed by atoms with van der Waals surface area (Å²) in [7, 11) is 1.74. The quantitative estimate of drug-likeness (QED) is 0.733. The third-order valence-corrected chi connectivity index (χ3v) is 5.38. The molecular weight excluding hydrogens is 292 g/mol. The van der Waals surface area contributed by atoms with Gasteiger partial charge in [-0.15, -0.1) is 0 Å². The molecule has 0 aliphatic carbocycles. The van der Waals surface area contributed by atoms with Crippen LogP contribution in [0.5, 0.6) is 0 Å². The first-order valence-electron chi connectivity index (χ1n) is 8.92. The summed E-state index contributed by atoms with van der Waals surface area (Å²) in [5.74, 6) is 0. The van der Waals surface area contributed by atoms with Crippen molar-refractivity contribution in [3.05, 3.63) is 12.2 Å². The minimum atomic E-state index is 0.109. The molecule has 2 amide bonds. The van der Waals surface area contributed by atoms with E-state index in [-0.39, 0.29) is 6.03 Å². The van der Waals surface area contributed by atoms with Crippen molar-refractivity contribution in [3.63, 3.8) is 0 Å². The molecule has 0 bridgehead atoms. The number of amides is 2. The molecule has 1 N–H and O–H groups in total. The summed E-state index contributed by atoms with van der Waals surface area (Å²) in [6.45, 7) is 7.43. The van der Waals surface area contributed by atoms with E-state index >= 15 is 0 Å². The summed E-state index contributed by atoms with van der Waals surface area (Å²) >= 11 is 0. The number of nitrogens with zero attached hydrogens (tertiary/aromatic N) is 3. The topological polar surface area (TPSA) is 48.1 Å². The Labute approximate surface area is 139 Å². The van der Waals surface area contributed by atoms with Crippen LogP contribution in [0.3, 0.4) is 0 Å². The van der Waals surface area contributed by atoms with Crippen LogP contribution < -0.4 is 5.32 Å². The van der Waals surface area contributed by atoms with Gasteiger partial charge < -0.3 is 15.0 Å². The monoisotopic (exact) mass is 322 g/mol. The fraction of sp³-hybridized carbons (Fsp3) is 0.824. The van der Waals surface area contributed by atoms with Crippen LogP contribution in [0.1, 0.15) is 19.3 Å². The summed E-state index contributed by atoms with van der Waals surface area (Å²) < 4.78 is 5.17. The van der Waals surface area contributed by atoms with Crippen molar-refractivity contribution < 1.29 is 9.53 Å². The van der Waals surface area contributed by atoms with Crippen molar-refractivity contribution in [1.29, 1.82) is 0 Å².